The average Bonchev–Trinajstić information content (AvgIpc) is 2.71. The van der Waals surface area contributed by atoms with E-state index in [0.29, 0.717) is 0 Å². The lowest BCUT2D eigenvalue weighted by molar-refractivity contribution is -0.142. The van der Waals surface area contributed by atoms with E-state index < -0.39 is 23.7 Å². The van der Waals surface area contributed by atoms with E-state index in [4.69, 9.17) is 16.7 Å². The van der Waals surface area contributed by atoms with Crippen molar-refractivity contribution in [3.8, 4) is 0 Å². The number of carboxylic acid groups (broad SMARTS) is 1. The highest BCUT2D eigenvalue weighted by Gasteiger charge is 2.77. The van der Waals surface area contributed by atoms with E-state index in [1.807, 2.05) is 0 Å². The fourth-order valence-corrected chi connectivity index (χ4v) is 1.80. The quantitative estimate of drug-likeness (QED) is 0.796. The summed E-state index contributed by atoms with van der Waals surface area (Å²) < 4.78 is 26.2. The number of aliphatic carboxylic acids is 1. The van der Waals surface area contributed by atoms with E-state index in [1.165, 1.54) is 12.3 Å². The highest BCUT2D eigenvalue weighted by Crippen LogP contribution is 2.61. The van der Waals surface area contributed by atoms with Crippen molar-refractivity contribution in [2.45, 2.75) is 17.8 Å². The zero-order valence-corrected chi connectivity index (χ0v) is 8.13. The summed E-state index contributed by atoms with van der Waals surface area (Å²) in [6, 6.07) is 2.41. The van der Waals surface area contributed by atoms with Crippen LogP contribution in [0.3, 0.4) is 0 Å². The summed E-state index contributed by atoms with van der Waals surface area (Å²) in [6.07, 6.45) is 0.534. The van der Waals surface area contributed by atoms with Crippen LogP contribution in [0, 0.1) is 0 Å². The minimum atomic E-state index is -3.20. The van der Waals surface area contributed by atoms with Gasteiger partial charge in [0.1, 0.15) is 5.15 Å². The van der Waals surface area contributed by atoms with Crippen LogP contribution < -0.4 is 0 Å². The molecule has 1 aliphatic rings. The van der Waals surface area contributed by atoms with Crippen molar-refractivity contribution in [2.24, 2.45) is 0 Å². The molecule has 0 aromatic carbocycles. The van der Waals surface area contributed by atoms with E-state index in [9.17, 15) is 13.6 Å². The summed E-state index contributed by atoms with van der Waals surface area (Å²) in [5.74, 6) is -4.74. The van der Waals surface area contributed by atoms with Crippen molar-refractivity contribution >= 4 is 17.6 Å². The van der Waals surface area contributed by atoms with Gasteiger partial charge in [-0.25, -0.2) is 13.8 Å². The van der Waals surface area contributed by atoms with Gasteiger partial charge in [0.2, 0.25) is 0 Å². The third-order valence-electron chi connectivity index (χ3n) is 2.57. The molecule has 3 nitrogen and oxygen atoms in total. The Kier molecular flexibility index (Phi) is 1.98. The monoisotopic (exact) mass is 233 g/mol. The molecule has 1 fully saturated rings. The van der Waals surface area contributed by atoms with Gasteiger partial charge in [0.15, 0.2) is 5.41 Å². The summed E-state index contributed by atoms with van der Waals surface area (Å²) in [4.78, 5) is 14.5. The van der Waals surface area contributed by atoms with Gasteiger partial charge in [-0.1, -0.05) is 11.6 Å². The standard InChI is InChI=1S/C9H6ClF2NO2/c10-6-3-5(1-2-13-6)8(7(14)15)4-9(8,11)12/h1-3H,4H2,(H,14,15). The lowest BCUT2D eigenvalue weighted by atomic mass is 9.97. The number of pyridine rings is 1. The van der Waals surface area contributed by atoms with E-state index in [1.54, 1.807) is 0 Å². The van der Waals surface area contributed by atoms with Crippen molar-refractivity contribution < 1.29 is 18.7 Å². The van der Waals surface area contributed by atoms with Crippen molar-refractivity contribution in [2.75, 3.05) is 0 Å². The number of hydrogen-bond donors (Lipinski definition) is 1. The van der Waals surface area contributed by atoms with Crippen LogP contribution in [0.5, 0.6) is 0 Å². The minimum absolute atomic E-state index is 0.000000000000000222. The fourth-order valence-electron chi connectivity index (χ4n) is 1.63. The molecule has 1 heterocycles. The van der Waals surface area contributed by atoms with Crippen LogP contribution in [0.1, 0.15) is 12.0 Å². The van der Waals surface area contributed by atoms with Crippen LogP contribution in [-0.2, 0) is 10.2 Å². The largest absolute Gasteiger partial charge is 0.480 e. The second-order valence-corrected chi connectivity index (χ2v) is 3.85. The molecular weight excluding hydrogens is 228 g/mol. The zero-order chi connectivity index (χ0) is 11.3. The normalized spacial score (nSPS) is 27.4. The summed E-state index contributed by atoms with van der Waals surface area (Å²) >= 11 is 5.53. The molecule has 1 aromatic rings. The van der Waals surface area contributed by atoms with Crippen LogP contribution in [0.25, 0.3) is 0 Å². The number of carbonyl (C=O) groups is 1. The maximum Gasteiger partial charge on any atom is 0.320 e. The Morgan fingerprint density at radius 3 is 2.60 bits per heavy atom. The first-order chi connectivity index (χ1) is 6.90. The zero-order valence-electron chi connectivity index (χ0n) is 7.38. The first kappa shape index (κ1) is 10.3. The van der Waals surface area contributed by atoms with E-state index in [-0.39, 0.29) is 10.7 Å². The molecule has 1 aliphatic carbocycles. The predicted molar refractivity (Wildman–Crippen MR) is 48.1 cm³/mol. The lowest BCUT2D eigenvalue weighted by Gasteiger charge is -2.11. The number of carboxylic acids is 1. The molecule has 1 atom stereocenters. The van der Waals surface area contributed by atoms with Crippen LogP contribution in [-0.4, -0.2) is 22.0 Å². The number of rotatable bonds is 2. The smallest absolute Gasteiger partial charge is 0.320 e. The molecule has 1 saturated carbocycles. The summed E-state index contributed by atoms with van der Waals surface area (Å²) in [6.45, 7) is 0. The first-order valence-corrected chi connectivity index (χ1v) is 4.51. The molecule has 2 rings (SSSR count). The molecule has 0 spiro atoms. The molecule has 1 aromatic heterocycles. The Morgan fingerprint density at radius 1 is 1.60 bits per heavy atom. The van der Waals surface area contributed by atoms with E-state index in [0.717, 1.165) is 6.07 Å². The Bertz CT molecular complexity index is 438. The molecular formula is C9H6ClF2NO2. The summed E-state index contributed by atoms with van der Waals surface area (Å²) in [5, 5.41) is 8.85. The van der Waals surface area contributed by atoms with Gasteiger partial charge in [-0.2, -0.15) is 0 Å². The topological polar surface area (TPSA) is 50.2 Å². The van der Waals surface area contributed by atoms with Crippen LogP contribution in [0.15, 0.2) is 18.3 Å². The number of hydrogen-bond acceptors (Lipinski definition) is 2. The first-order valence-electron chi connectivity index (χ1n) is 4.13. The van der Waals surface area contributed by atoms with Crippen molar-refractivity contribution in [3.05, 3.63) is 29.0 Å². The molecule has 0 bridgehead atoms. The molecule has 80 valence electrons. The van der Waals surface area contributed by atoms with Gasteiger partial charge in [0.25, 0.3) is 5.92 Å². The number of aromatic nitrogens is 1. The maximum absolute atomic E-state index is 13.1. The van der Waals surface area contributed by atoms with Gasteiger partial charge >= 0.3 is 5.97 Å². The average molecular weight is 234 g/mol. The molecule has 0 aliphatic heterocycles. The predicted octanol–water partition coefficient (Wildman–Crippen LogP) is 2.10. The molecule has 0 amide bonds. The SMILES string of the molecule is O=C(O)C1(c2ccnc(Cl)c2)CC1(F)F. The number of nitrogens with zero attached hydrogens (tertiary/aromatic N) is 1. The van der Waals surface area contributed by atoms with Crippen LogP contribution in [0.2, 0.25) is 5.15 Å². The van der Waals surface area contributed by atoms with Crippen LogP contribution >= 0.6 is 11.6 Å². The van der Waals surface area contributed by atoms with Gasteiger partial charge in [-0.3, -0.25) is 4.79 Å². The molecule has 0 radical (unpaired) electrons. The van der Waals surface area contributed by atoms with Gasteiger partial charge < -0.3 is 5.11 Å². The van der Waals surface area contributed by atoms with Gasteiger partial charge in [-0.05, 0) is 17.7 Å². The third kappa shape index (κ3) is 1.30. The number of alkyl halides is 2. The minimum Gasteiger partial charge on any atom is -0.480 e. The number of halogens is 3. The Labute approximate surface area is 88.7 Å². The van der Waals surface area contributed by atoms with Gasteiger partial charge in [0.05, 0.1) is 0 Å². The fraction of sp³-hybridized carbons (Fsp3) is 0.333. The van der Waals surface area contributed by atoms with Crippen molar-refractivity contribution in [3.63, 3.8) is 0 Å². The Hall–Kier alpha value is -1.23. The Balaban J connectivity index is 2.50. The summed E-state index contributed by atoms with van der Waals surface area (Å²) in [7, 11) is 0. The molecule has 15 heavy (non-hydrogen) atoms. The molecule has 0 saturated heterocycles. The Morgan fingerprint density at radius 2 is 2.20 bits per heavy atom. The second kappa shape index (κ2) is 2.88. The molecule has 1 unspecified atom stereocenters. The lowest BCUT2D eigenvalue weighted by Crippen LogP contribution is -2.27. The molecule has 6 heteroatoms. The van der Waals surface area contributed by atoms with Crippen molar-refractivity contribution in [1.29, 1.82) is 0 Å². The van der Waals surface area contributed by atoms with E-state index in [2.05, 4.69) is 4.98 Å². The highest BCUT2D eigenvalue weighted by molar-refractivity contribution is 6.29. The van der Waals surface area contributed by atoms with Gasteiger partial charge in [-0.15, -0.1) is 0 Å². The summed E-state index contributed by atoms with van der Waals surface area (Å²) in [5.41, 5.74) is -2.11. The maximum atomic E-state index is 13.1. The second-order valence-electron chi connectivity index (χ2n) is 3.46. The highest BCUT2D eigenvalue weighted by atomic mass is 35.5. The van der Waals surface area contributed by atoms with Gasteiger partial charge in [0, 0.05) is 12.6 Å². The van der Waals surface area contributed by atoms with Crippen molar-refractivity contribution in [1.82, 2.24) is 4.98 Å². The third-order valence-corrected chi connectivity index (χ3v) is 2.78. The van der Waals surface area contributed by atoms with E-state index >= 15 is 0 Å². The van der Waals surface area contributed by atoms with Crippen LogP contribution in [0.4, 0.5) is 8.78 Å². The molecule has 1 N–H and O–H groups in total.